The Morgan fingerprint density at radius 2 is 1.34 bits per heavy atom. The van der Waals surface area contributed by atoms with Crippen LogP contribution in [-0.4, -0.2) is 18.9 Å². The third-order valence-electron chi connectivity index (χ3n) is 7.60. The number of anilines is 1. The molecule has 172 valence electrons. The van der Waals surface area contributed by atoms with Gasteiger partial charge in [-0.2, -0.15) is 0 Å². The van der Waals surface area contributed by atoms with Crippen LogP contribution in [0.5, 0.6) is 0 Å². The smallest absolute Gasteiger partial charge is 0.321 e. The summed E-state index contributed by atoms with van der Waals surface area (Å²) in [7, 11) is 1.81. The molecule has 4 aromatic carbocycles. The molecule has 1 aliphatic carbocycles. The number of nitrogens with zero attached hydrogens (tertiary/aromatic N) is 1. The molecule has 4 heteroatoms. The summed E-state index contributed by atoms with van der Waals surface area (Å²) in [6.07, 6.45) is 0.289. The maximum Gasteiger partial charge on any atom is 0.321 e. The van der Waals surface area contributed by atoms with Gasteiger partial charge in [0.2, 0.25) is 5.91 Å². The number of hydrogen-bond acceptors (Lipinski definition) is 3. The van der Waals surface area contributed by atoms with Gasteiger partial charge in [0.25, 0.3) is 0 Å². The third-order valence-corrected chi connectivity index (χ3v) is 7.60. The summed E-state index contributed by atoms with van der Waals surface area (Å²) in [6, 6.07) is 35.2. The average Bonchev–Trinajstić information content (AvgIpc) is 3.35. The lowest BCUT2D eigenvalue weighted by Crippen LogP contribution is -2.43. The van der Waals surface area contributed by atoms with Crippen LogP contribution >= 0.6 is 0 Å². The molecule has 6 rings (SSSR count). The number of benzene rings is 4. The molecule has 4 nitrogen and oxygen atoms in total. The van der Waals surface area contributed by atoms with Crippen LogP contribution in [0.4, 0.5) is 5.69 Å². The van der Waals surface area contributed by atoms with Gasteiger partial charge in [0.15, 0.2) is 0 Å². The molecule has 4 aromatic rings. The van der Waals surface area contributed by atoms with Crippen LogP contribution in [0, 0.1) is 0 Å². The van der Waals surface area contributed by atoms with Gasteiger partial charge >= 0.3 is 5.97 Å². The summed E-state index contributed by atoms with van der Waals surface area (Å²) in [5.41, 5.74) is 3.23. The molecule has 2 aliphatic rings. The molecule has 2 atom stereocenters. The Morgan fingerprint density at radius 3 is 2.06 bits per heavy atom. The molecular formula is C31H25NO3. The van der Waals surface area contributed by atoms with Crippen LogP contribution in [0.3, 0.4) is 0 Å². The molecule has 0 bridgehead atoms. The molecule has 35 heavy (non-hydrogen) atoms. The van der Waals surface area contributed by atoms with Crippen molar-refractivity contribution in [1.29, 1.82) is 0 Å². The second kappa shape index (κ2) is 7.95. The maximum absolute atomic E-state index is 14.2. The maximum atomic E-state index is 14.2. The minimum atomic E-state index is -1.11. The van der Waals surface area contributed by atoms with E-state index in [4.69, 9.17) is 4.74 Å². The first-order valence-electron chi connectivity index (χ1n) is 11.8. The predicted octanol–water partition coefficient (Wildman–Crippen LogP) is 5.38. The van der Waals surface area contributed by atoms with Gasteiger partial charge < -0.3 is 9.64 Å². The van der Waals surface area contributed by atoms with Crippen molar-refractivity contribution in [1.82, 2.24) is 0 Å². The first-order valence-corrected chi connectivity index (χ1v) is 11.8. The molecule has 1 aliphatic heterocycles. The van der Waals surface area contributed by atoms with Gasteiger partial charge in [0, 0.05) is 12.7 Å². The number of para-hydroxylation sites is 1. The molecule has 1 spiro atoms. The second-order valence-electron chi connectivity index (χ2n) is 9.34. The summed E-state index contributed by atoms with van der Waals surface area (Å²) in [5, 5.41) is 0. The van der Waals surface area contributed by atoms with Gasteiger partial charge in [-0.05, 0) is 40.3 Å². The van der Waals surface area contributed by atoms with Crippen molar-refractivity contribution < 1.29 is 14.3 Å². The molecule has 0 N–H and O–H groups in total. The van der Waals surface area contributed by atoms with E-state index in [1.54, 1.807) is 4.90 Å². The predicted molar refractivity (Wildman–Crippen MR) is 135 cm³/mol. The zero-order valence-electron chi connectivity index (χ0n) is 19.5. The number of carbonyl (C=O) groups is 2. The fraction of sp³-hybridized carbons (Fsp3) is 0.161. The van der Waals surface area contributed by atoms with Crippen molar-refractivity contribution in [3.63, 3.8) is 0 Å². The molecule has 0 fully saturated rings. The fourth-order valence-electron chi connectivity index (χ4n) is 6.01. The topological polar surface area (TPSA) is 46.6 Å². The Kier molecular flexibility index (Phi) is 4.85. The van der Waals surface area contributed by atoms with Gasteiger partial charge in [0.1, 0.15) is 17.4 Å². The van der Waals surface area contributed by atoms with Gasteiger partial charge in [-0.3, -0.25) is 9.59 Å². The zero-order valence-corrected chi connectivity index (χ0v) is 19.5. The molecular weight excluding hydrogens is 434 g/mol. The van der Waals surface area contributed by atoms with Crippen molar-refractivity contribution in [3.05, 3.63) is 137 Å². The van der Waals surface area contributed by atoms with Crippen LogP contribution in [0.2, 0.25) is 0 Å². The van der Waals surface area contributed by atoms with Crippen molar-refractivity contribution in [2.45, 2.75) is 23.9 Å². The largest absolute Gasteiger partial charge is 0.460 e. The van der Waals surface area contributed by atoms with Gasteiger partial charge in [-0.15, -0.1) is 0 Å². The minimum absolute atomic E-state index is 0.0141. The Hall–Kier alpha value is -4.18. The van der Waals surface area contributed by atoms with E-state index in [2.05, 4.69) is 0 Å². The molecule has 0 saturated heterocycles. The number of fused-ring (bicyclic) bond motifs is 4. The van der Waals surface area contributed by atoms with Crippen LogP contribution < -0.4 is 4.90 Å². The standard InChI is InChI=1S/C31H25NO3/c1-32-27-19-11-10-18-26(27)31(28(32)33)21-30(23-14-6-3-7-15-23,24-16-8-9-17-25(24)31)29(34)35-20-22-12-4-2-5-13-22/h2-19H,20-21H2,1H3. The van der Waals surface area contributed by atoms with Crippen molar-refractivity contribution in [2.24, 2.45) is 0 Å². The molecule has 2 unspecified atom stereocenters. The van der Waals surface area contributed by atoms with E-state index >= 15 is 0 Å². The van der Waals surface area contributed by atoms with Crippen molar-refractivity contribution in [3.8, 4) is 0 Å². The van der Waals surface area contributed by atoms with E-state index in [9.17, 15) is 9.59 Å². The first kappa shape index (κ1) is 21.4. The number of likely N-dealkylation sites (N-methyl/N-ethyl adjacent to an activating group) is 1. The fourth-order valence-corrected chi connectivity index (χ4v) is 6.01. The summed E-state index contributed by atoms with van der Waals surface area (Å²) in [4.78, 5) is 30.0. The highest BCUT2D eigenvalue weighted by molar-refractivity contribution is 6.12. The second-order valence-corrected chi connectivity index (χ2v) is 9.34. The Balaban J connectivity index is 1.56. The third kappa shape index (κ3) is 2.93. The quantitative estimate of drug-likeness (QED) is 0.385. The lowest BCUT2D eigenvalue weighted by molar-refractivity contribution is -0.150. The number of amides is 1. The molecule has 0 radical (unpaired) electrons. The number of rotatable bonds is 4. The highest BCUT2D eigenvalue weighted by Crippen LogP contribution is 2.60. The highest BCUT2D eigenvalue weighted by Gasteiger charge is 2.64. The number of ether oxygens (including phenoxy) is 1. The Morgan fingerprint density at radius 1 is 0.771 bits per heavy atom. The minimum Gasteiger partial charge on any atom is -0.460 e. The van der Waals surface area contributed by atoms with E-state index in [0.29, 0.717) is 0 Å². The zero-order chi connectivity index (χ0) is 24.0. The first-order chi connectivity index (χ1) is 17.1. The lowest BCUT2D eigenvalue weighted by atomic mass is 9.70. The number of esters is 1. The van der Waals surface area contributed by atoms with Crippen LogP contribution in [0.15, 0.2) is 109 Å². The average molecular weight is 460 g/mol. The molecule has 1 amide bonds. The van der Waals surface area contributed by atoms with E-state index in [0.717, 1.165) is 33.5 Å². The Labute approximate surface area is 204 Å². The van der Waals surface area contributed by atoms with Gasteiger partial charge in [-0.1, -0.05) is 103 Å². The normalized spacial score (nSPS) is 22.2. The SMILES string of the molecule is CN1C(=O)C2(CC(C(=O)OCc3ccccc3)(c3ccccc3)c3ccccc32)c2ccccc21. The summed E-state index contributed by atoms with van der Waals surface area (Å²) in [6.45, 7) is 0.174. The van der Waals surface area contributed by atoms with Crippen LogP contribution in [0.25, 0.3) is 0 Å². The van der Waals surface area contributed by atoms with Crippen molar-refractivity contribution in [2.75, 3.05) is 11.9 Å². The highest BCUT2D eigenvalue weighted by atomic mass is 16.5. The van der Waals surface area contributed by atoms with Gasteiger partial charge in [0.05, 0.1) is 0 Å². The molecule has 0 saturated carbocycles. The van der Waals surface area contributed by atoms with E-state index in [-0.39, 0.29) is 24.9 Å². The summed E-state index contributed by atoms with van der Waals surface area (Å²) < 4.78 is 6.02. The van der Waals surface area contributed by atoms with E-state index in [1.165, 1.54) is 0 Å². The number of hydrogen-bond donors (Lipinski definition) is 0. The van der Waals surface area contributed by atoms with E-state index in [1.807, 2.05) is 116 Å². The lowest BCUT2D eigenvalue weighted by Gasteiger charge is -2.31. The molecule has 0 aromatic heterocycles. The van der Waals surface area contributed by atoms with E-state index < -0.39 is 10.8 Å². The van der Waals surface area contributed by atoms with Gasteiger partial charge in [-0.25, -0.2) is 0 Å². The number of carbonyl (C=O) groups excluding carboxylic acids is 2. The molecule has 1 heterocycles. The Bertz CT molecular complexity index is 1430. The monoisotopic (exact) mass is 459 g/mol. The summed E-state index contributed by atoms with van der Waals surface area (Å²) >= 11 is 0. The van der Waals surface area contributed by atoms with Crippen LogP contribution in [0.1, 0.15) is 34.2 Å². The van der Waals surface area contributed by atoms with Crippen molar-refractivity contribution >= 4 is 17.6 Å². The summed E-state index contributed by atoms with van der Waals surface area (Å²) in [5.74, 6) is -0.350. The van der Waals surface area contributed by atoms with Crippen LogP contribution in [-0.2, 0) is 31.8 Å².